The number of rotatable bonds is 4. The van der Waals surface area contributed by atoms with Crippen LogP contribution >= 0.6 is 0 Å². The molecule has 31 heavy (non-hydrogen) atoms. The van der Waals surface area contributed by atoms with Crippen LogP contribution in [0.5, 0.6) is 0 Å². The number of hydrogen-bond donors (Lipinski definition) is 1. The van der Waals surface area contributed by atoms with E-state index in [2.05, 4.69) is 5.32 Å². The smallest absolute Gasteiger partial charge is 0.258 e. The van der Waals surface area contributed by atoms with E-state index < -0.39 is 16.0 Å². The van der Waals surface area contributed by atoms with Crippen LogP contribution in [0.15, 0.2) is 47.1 Å². The number of nitrogens with one attached hydrogen (secondary N) is 1. The molecule has 4 heterocycles. The van der Waals surface area contributed by atoms with Crippen LogP contribution in [-0.2, 0) is 16.4 Å². The Morgan fingerprint density at radius 1 is 1.19 bits per heavy atom. The van der Waals surface area contributed by atoms with E-state index in [1.807, 2.05) is 48.9 Å². The average Bonchev–Trinajstić information content (AvgIpc) is 3.44. The van der Waals surface area contributed by atoms with Crippen LogP contribution in [0.4, 0.5) is 5.69 Å². The van der Waals surface area contributed by atoms with Crippen molar-refractivity contribution in [2.24, 2.45) is 0 Å². The van der Waals surface area contributed by atoms with Gasteiger partial charge in [-0.3, -0.25) is 9.48 Å². The number of aryl methyl sites for hydroxylation is 1. The Morgan fingerprint density at radius 2 is 2.00 bits per heavy atom. The standard InChI is InChI=1S/C22H24N4O4S/c1-14-20(15(2)26(24-14)16-9-11-31(28,29)13-16)21-23-19-8-4-3-7-18(19)22(27)25(21)12-17-6-5-10-30-17/h3-8,10,16,21,23H,9,11-13H2,1-2H3. The van der Waals surface area contributed by atoms with Gasteiger partial charge in [0.05, 0.1) is 41.6 Å². The molecule has 5 rings (SSSR count). The van der Waals surface area contributed by atoms with Crippen LogP contribution in [0.2, 0.25) is 0 Å². The minimum atomic E-state index is -3.04. The SMILES string of the molecule is Cc1nn(C2CCS(=O)(=O)C2)c(C)c1C1Nc2ccccc2C(=O)N1Cc1ccco1. The maximum atomic E-state index is 13.4. The number of nitrogens with zero attached hydrogens (tertiary/aromatic N) is 3. The van der Waals surface area contributed by atoms with Crippen LogP contribution in [-0.4, -0.2) is 40.5 Å². The van der Waals surface area contributed by atoms with Crippen LogP contribution in [0, 0.1) is 13.8 Å². The van der Waals surface area contributed by atoms with Crippen molar-refractivity contribution in [2.75, 3.05) is 16.8 Å². The van der Waals surface area contributed by atoms with Gasteiger partial charge in [0.25, 0.3) is 5.91 Å². The summed E-state index contributed by atoms with van der Waals surface area (Å²) in [5, 5.41) is 8.20. The van der Waals surface area contributed by atoms with Gasteiger partial charge in [0.2, 0.25) is 0 Å². The normalized spacial score (nSPS) is 22.4. The van der Waals surface area contributed by atoms with Gasteiger partial charge in [-0.1, -0.05) is 12.1 Å². The number of para-hydroxylation sites is 1. The molecule has 8 nitrogen and oxygen atoms in total. The number of fused-ring (bicyclic) bond motifs is 1. The third-order valence-corrected chi connectivity index (χ3v) is 7.89. The van der Waals surface area contributed by atoms with Gasteiger partial charge in [0.15, 0.2) is 9.84 Å². The summed E-state index contributed by atoms with van der Waals surface area (Å²) < 4.78 is 31.4. The second-order valence-corrected chi connectivity index (χ2v) is 10.4. The Balaban J connectivity index is 1.58. The van der Waals surface area contributed by atoms with Gasteiger partial charge >= 0.3 is 0 Å². The van der Waals surface area contributed by atoms with E-state index in [1.165, 1.54) is 0 Å². The Hall–Kier alpha value is -3.07. The molecule has 1 saturated heterocycles. The van der Waals surface area contributed by atoms with E-state index in [0.29, 0.717) is 24.3 Å². The van der Waals surface area contributed by atoms with Crippen molar-refractivity contribution in [3.63, 3.8) is 0 Å². The molecule has 0 spiro atoms. The molecule has 0 bridgehead atoms. The highest BCUT2D eigenvalue weighted by atomic mass is 32.2. The predicted molar refractivity (Wildman–Crippen MR) is 115 cm³/mol. The number of benzene rings is 1. The van der Waals surface area contributed by atoms with Crippen molar-refractivity contribution < 1.29 is 17.6 Å². The molecular weight excluding hydrogens is 416 g/mol. The van der Waals surface area contributed by atoms with Gasteiger partial charge in [0, 0.05) is 16.9 Å². The third-order valence-electron chi connectivity index (χ3n) is 6.14. The number of hydrogen-bond acceptors (Lipinski definition) is 6. The molecule has 2 unspecified atom stereocenters. The summed E-state index contributed by atoms with van der Waals surface area (Å²) >= 11 is 0. The van der Waals surface area contributed by atoms with Gasteiger partial charge in [-0.05, 0) is 44.5 Å². The Labute approximate surface area is 180 Å². The summed E-state index contributed by atoms with van der Waals surface area (Å²) in [5.41, 5.74) is 3.90. The Kier molecular flexibility index (Phi) is 4.65. The number of carbonyl (C=O) groups excluding carboxylic acids is 1. The van der Waals surface area contributed by atoms with E-state index >= 15 is 0 Å². The van der Waals surface area contributed by atoms with Crippen molar-refractivity contribution in [2.45, 2.75) is 39.0 Å². The lowest BCUT2D eigenvalue weighted by Gasteiger charge is -2.37. The minimum absolute atomic E-state index is 0.0919. The average molecular weight is 441 g/mol. The Morgan fingerprint density at radius 3 is 2.71 bits per heavy atom. The molecule has 2 aromatic heterocycles. The molecule has 2 aliphatic heterocycles. The fraction of sp³-hybridized carbons (Fsp3) is 0.364. The maximum absolute atomic E-state index is 13.4. The predicted octanol–water partition coefficient (Wildman–Crippen LogP) is 3.22. The molecule has 0 saturated carbocycles. The van der Waals surface area contributed by atoms with Crippen molar-refractivity contribution in [3.05, 3.63) is 70.9 Å². The molecule has 1 amide bonds. The lowest BCUT2D eigenvalue weighted by molar-refractivity contribution is 0.0650. The van der Waals surface area contributed by atoms with Gasteiger partial charge in [-0.15, -0.1) is 0 Å². The summed E-state index contributed by atoms with van der Waals surface area (Å²) in [4.78, 5) is 15.2. The third kappa shape index (κ3) is 3.42. The highest BCUT2D eigenvalue weighted by Crippen LogP contribution is 2.38. The van der Waals surface area contributed by atoms with E-state index in [0.717, 1.165) is 22.6 Å². The number of furan rings is 1. The largest absolute Gasteiger partial charge is 0.467 e. The van der Waals surface area contributed by atoms with Crippen LogP contribution in [0.25, 0.3) is 0 Å². The fourth-order valence-corrected chi connectivity index (χ4v) is 6.34. The summed E-state index contributed by atoms with van der Waals surface area (Å²) in [6.07, 6.45) is 1.70. The van der Waals surface area contributed by atoms with Crippen LogP contribution in [0.1, 0.15) is 51.7 Å². The molecular formula is C22H24N4O4S. The highest BCUT2D eigenvalue weighted by Gasteiger charge is 2.38. The van der Waals surface area contributed by atoms with E-state index in [-0.39, 0.29) is 23.5 Å². The van der Waals surface area contributed by atoms with E-state index in [4.69, 9.17) is 9.52 Å². The Bertz CT molecular complexity index is 1250. The molecule has 0 radical (unpaired) electrons. The minimum Gasteiger partial charge on any atom is -0.467 e. The first kappa shape index (κ1) is 19.9. The fourth-order valence-electron chi connectivity index (χ4n) is 4.65. The van der Waals surface area contributed by atoms with E-state index in [1.54, 1.807) is 17.2 Å². The van der Waals surface area contributed by atoms with Gasteiger partial charge in [0.1, 0.15) is 11.9 Å². The second kappa shape index (κ2) is 7.26. The van der Waals surface area contributed by atoms with Crippen molar-refractivity contribution in [1.82, 2.24) is 14.7 Å². The maximum Gasteiger partial charge on any atom is 0.258 e. The highest BCUT2D eigenvalue weighted by molar-refractivity contribution is 7.91. The number of sulfone groups is 1. The molecule has 162 valence electrons. The monoisotopic (exact) mass is 440 g/mol. The molecule has 0 aliphatic carbocycles. The van der Waals surface area contributed by atoms with Crippen LogP contribution < -0.4 is 5.32 Å². The summed E-state index contributed by atoms with van der Waals surface area (Å²) in [6, 6.07) is 10.9. The second-order valence-electron chi connectivity index (χ2n) is 8.19. The van der Waals surface area contributed by atoms with Crippen molar-refractivity contribution in [3.8, 4) is 0 Å². The first-order valence-electron chi connectivity index (χ1n) is 10.3. The zero-order valence-corrected chi connectivity index (χ0v) is 18.2. The van der Waals surface area contributed by atoms with Crippen molar-refractivity contribution in [1.29, 1.82) is 0 Å². The molecule has 2 aliphatic rings. The van der Waals surface area contributed by atoms with Crippen LogP contribution in [0.3, 0.4) is 0 Å². The van der Waals surface area contributed by atoms with E-state index in [9.17, 15) is 13.2 Å². The number of amides is 1. The topological polar surface area (TPSA) is 97.4 Å². The molecule has 3 aromatic rings. The first-order chi connectivity index (χ1) is 14.8. The molecule has 1 N–H and O–H groups in total. The molecule has 1 fully saturated rings. The number of aromatic nitrogens is 2. The summed E-state index contributed by atoms with van der Waals surface area (Å²) in [7, 11) is -3.04. The number of anilines is 1. The van der Waals surface area contributed by atoms with Gasteiger partial charge in [-0.25, -0.2) is 8.42 Å². The zero-order chi connectivity index (χ0) is 21.8. The summed E-state index contributed by atoms with van der Waals surface area (Å²) in [6.45, 7) is 4.15. The number of carbonyl (C=O) groups is 1. The molecule has 2 atom stereocenters. The lowest BCUT2D eigenvalue weighted by Crippen LogP contribution is -2.42. The molecule has 1 aromatic carbocycles. The first-order valence-corrected chi connectivity index (χ1v) is 12.1. The van der Waals surface area contributed by atoms with Gasteiger partial charge < -0.3 is 14.6 Å². The van der Waals surface area contributed by atoms with Gasteiger partial charge in [-0.2, -0.15) is 5.10 Å². The lowest BCUT2D eigenvalue weighted by atomic mass is 10.0. The zero-order valence-electron chi connectivity index (χ0n) is 17.4. The van der Waals surface area contributed by atoms with Crippen molar-refractivity contribution >= 4 is 21.4 Å². The summed E-state index contributed by atoms with van der Waals surface area (Å²) in [5.74, 6) is 0.878. The molecule has 9 heteroatoms. The quantitative estimate of drug-likeness (QED) is 0.669.